The molecule has 0 spiro atoms. The summed E-state index contributed by atoms with van der Waals surface area (Å²) in [6.07, 6.45) is -0.815. The highest BCUT2D eigenvalue weighted by molar-refractivity contribution is 7.88. The van der Waals surface area contributed by atoms with Gasteiger partial charge in [0.25, 0.3) is 0 Å². The molecular weight excluding hydrogens is 495 g/mol. The summed E-state index contributed by atoms with van der Waals surface area (Å²) >= 11 is 0. The van der Waals surface area contributed by atoms with E-state index in [1.54, 1.807) is 12.1 Å². The Bertz CT molecular complexity index is 1200. The predicted molar refractivity (Wildman–Crippen MR) is 132 cm³/mol. The molecule has 2 fully saturated rings. The molecule has 8 nitrogen and oxygen atoms in total. The lowest BCUT2D eigenvalue weighted by molar-refractivity contribution is -0.136. The van der Waals surface area contributed by atoms with Crippen molar-refractivity contribution >= 4 is 32.7 Å². The number of anilines is 1. The standard InChI is InChI=1S/C24H32F3N5O3S/c1-16-12-18(29-36(34,35)30-22(33)13-17-7-10-31(2)11-8-17)15-32(14-16)21-6-5-20(24(25,26)27)23-19(21)4-3-9-28-23/h3-6,9,16-18,29H,7-8,10-15H2,1-2H3,(H,30,33)/t16-,18+/m0/s1. The van der Waals surface area contributed by atoms with Gasteiger partial charge in [0.2, 0.25) is 5.91 Å². The molecule has 2 aliphatic heterocycles. The first-order chi connectivity index (χ1) is 16.9. The lowest BCUT2D eigenvalue weighted by Gasteiger charge is -2.38. The van der Waals surface area contributed by atoms with Gasteiger partial charge in [0, 0.05) is 42.8 Å². The van der Waals surface area contributed by atoms with Crippen molar-refractivity contribution in [2.24, 2.45) is 11.8 Å². The number of amides is 1. The third kappa shape index (κ3) is 6.46. The molecule has 2 atom stereocenters. The van der Waals surface area contributed by atoms with E-state index >= 15 is 0 Å². The Morgan fingerprint density at radius 2 is 1.89 bits per heavy atom. The van der Waals surface area contributed by atoms with E-state index in [9.17, 15) is 26.4 Å². The number of carbonyl (C=O) groups is 1. The van der Waals surface area contributed by atoms with Gasteiger partial charge in [-0.2, -0.15) is 26.3 Å². The molecule has 0 bridgehead atoms. The number of hydrogen-bond acceptors (Lipinski definition) is 6. The van der Waals surface area contributed by atoms with E-state index in [1.165, 1.54) is 12.3 Å². The quantitative estimate of drug-likeness (QED) is 0.600. The number of piperidine rings is 2. The summed E-state index contributed by atoms with van der Waals surface area (Å²) in [6.45, 7) is 4.52. The highest BCUT2D eigenvalue weighted by Gasteiger charge is 2.35. The van der Waals surface area contributed by atoms with Crippen molar-refractivity contribution in [3.63, 3.8) is 0 Å². The molecule has 4 rings (SSSR count). The second kappa shape index (κ2) is 10.5. The van der Waals surface area contributed by atoms with Crippen LogP contribution < -0.4 is 14.3 Å². The summed E-state index contributed by atoms with van der Waals surface area (Å²) in [5.74, 6) is -0.309. The Balaban J connectivity index is 1.46. The largest absolute Gasteiger partial charge is 0.418 e. The van der Waals surface area contributed by atoms with Gasteiger partial charge in [0.15, 0.2) is 0 Å². The van der Waals surface area contributed by atoms with Crippen LogP contribution in [0.2, 0.25) is 0 Å². The first kappa shape index (κ1) is 26.6. The van der Waals surface area contributed by atoms with E-state index in [1.807, 2.05) is 18.9 Å². The Morgan fingerprint density at radius 3 is 2.58 bits per heavy atom. The summed E-state index contributed by atoms with van der Waals surface area (Å²) in [5, 5.41) is 0.356. The monoisotopic (exact) mass is 527 g/mol. The second-order valence-corrected chi connectivity index (χ2v) is 11.5. The molecule has 2 saturated heterocycles. The Hall–Kier alpha value is -2.44. The number of nitrogens with one attached hydrogen (secondary N) is 2. The van der Waals surface area contributed by atoms with E-state index in [0.717, 1.165) is 32.0 Å². The number of carbonyl (C=O) groups excluding carboxylic acids is 1. The minimum absolute atomic E-state index is 0.0652. The van der Waals surface area contributed by atoms with Crippen LogP contribution in [0.1, 0.15) is 38.2 Å². The molecule has 0 aliphatic carbocycles. The van der Waals surface area contributed by atoms with Gasteiger partial charge >= 0.3 is 16.4 Å². The molecular formula is C24H32F3N5O3S. The molecule has 0 saturated carbocycles. The van der Waals surface area contributed by atoms with Crippen LogP contribution in [0.25, 0.3) is 10.9 Å². The molecule has 12 heteroatoms. The van der Waals surface area contributed by atoms with Gasteiger partial charge in [-0.3, -0.25) is 9.78 Å². The van der Waals surface area contributed by atoms with E-state index in [0.29, 0.717) is 24.0 Å². The molecule has 2 aliphatic rings. The molecule has 0 unspecified atom stereocenters. The fraction of sp³-hybridized carbons (Fsp3) is 0.583. The molecule has 36 heavy (non-hydrogen) atoms. The fourth-order valence-electron chi connectivity index (χ4n) is 5.26. The van der Waals surface area contributed by atoms with Gasteiger partial charge in [0.1, 0.15) is 0 Å². The zero-order chi connectivity index (χ0) is 26.1. The zero-order valence-corrected chi connectivity index (χ0v) is 21.2. The van der Waals surface area contributed by atoms with Gasteiger partial charge in [-0.05, 0) is 75.5 Å². The highest BCUT2D eigenvalue weighted by atomic mass is 32.2. The number of rotatable bonds is 6. The summed E-state index contributed by atoms with van der Waals surface area (Å²) in [7, 11) is -2.07. The summed E-state index contributed by atoms with van der Waals surface area (Å²) < 4.78 is 70.7. The zero-order valence-electron chi connectivity index (χ0n) is 20.4. The number of nitrogens with zero attached hydrogens (tertiary/aromatic N) is 3. The molecule has 2 N–H and O–H groups in total. The summed E-state index contributed by atoms with van der Waals surface area (Å²) in [6, 6.07) is 5.09. The number of aromatic nitrogens is 1. The number of alkyl halides is 3. The number of likely N-dealkylation sites (tertiary alicyclic amines) is 1. The number of pyridine rings is 1. The molecule has 2 aromatic rings. The maximum Gasteiger partial charge on any atom is 0.418 e. The van der Waals surface area contributed by atoms with E-state index in [-0.39, 0.29) is 30.3 Å². The van der Waals surface area contributed by atoms with E-state index in [4.69, 9.17) is 0 Å². The molecule has 0 radical (unpaired) electrons. The maximum absolute atomic E-state index is 13.5. The number of fused-ring (bicyclic) bond motifs is 1. The normalized spacial score (nSPS) is 22.6. The van der Waals surface area contributed by atoms with Crippen LogP contribution in [0.5, 0.6) is 0 Å². The van der Waals surface area contributed by atoms with Gasteiger partial charge < -0.3 is 9.80 Å². The number of benzene rings is 1. The minimum atomic E-state index is -4.54. The van der Waals surface area contributed by atoms with Crippen molar-refractivity contribution in [2.45, 2.75) is 44.8 Å². The summed E-state index contributed by atoms with van der Waals surface area (Å²) in [4.78, 5) is 20.4. The molecule has 3 heterocycles. The minimum Gasteiger partial charge on any atom is -0.369 e. The van der Waals surface area contributed by atoms with Crippen LogP contribution in [-0.2, 0) is 21.2 Å². The lowest BCUT2D eigenvalue weighted by atomic mass is 9.94. The molecule has 1 aromatic heterocycles. The summed E-state index contributed by atoms with van der Waals surface area (Å²) in [5.41, 5.74) is -0.385. The van der Waals surface area contributed by atoms with E-state index < -0.39 is 33.9 Å². The molecule has 1 aromatic carbocycles. The van der Waals surface area contributed by atoms with Crippen LogP contribution in [0, 0.1) is 11.8 Å². The van der Waals surface area contributed by atoms with Crippen LogP contribution in [0.15, 0.2) is 30.5 Å². The Kier molecular flexibility index (Phi) is 7.77. The predicted octanol–water partition coefficient (Wildman–Crippen LogP) is 3.15. The fourth-order valence-corrected chi connectivity index (χ4v) is 6.32. The number of hydrogen-bond donors (Lipinski definition) is 2. The van der Waals surface area contributed by atoms with Crippen molar-refractivity contribution in [2.75, 3.05) is 38.1 Å². The third-order valence-electron chi connectivity index (χ3n) is 6.93. The molecule has 198 valence electrons. The van der Waals surface area contributed by atoms with Crippen LogP contribution in [0.4, 0.5) is 18.9 Å². The second-order valence-electron chi connectivity index (χ2n) is 10.1. The maximum atomic E-state index is 13.5. The average molecular weight is 528 g/mol. The van der Waals surface area contributed by atoms with Gasteiger partial charge in [-0.25, -0.2) is 4.72 Å². The van der Waals surface area contributed by atoms with Crippen molar-refractivity contribution in [3.8, 4) is 0 Å². The van der Waals surface area contributed by atoms with Crippen LogP contribution in [-0.4, -0.2) is 63.5 Å². The first-order valence-electron chi connectivity index (χ1n) is 12.1. The van der Waals surface area contributed by atoms with E-state index in [2.05, 4.69) is 19.3 Å². The highest BCUT2D eigenvalue weighted by Crippen LogP contribution is 2.38. The first-order valence-corrected chi connectivity index (χ1v) is 13.6. The Morgan fingerprint density at radius 1 is 1.17 bits per heavy atom. The smallest absolute Gasteiger partial charge is 0.369 e. The average Bonchev–Trinajstić information content (AvgIpc) is 2.78. The molecule has 1 amide bonds. The van der Waals surface area contributed by atoms with Crippen LogP contribution >= 0.6 is 0 Å². The van der Waals surface area contributed by atoms with Crippen molar-refractivity contribution < 1.29 is 26.4 Å². The number of halogens is 3. The van der Waals surface area contributed by atoms with Crippen molar-refractivity contribution in [1.82, 2.24) is 19.3 Å². The van der Waals surface area contributed by atoms with Crippen molar-refractivity contribution in [3.05, 3.63) is 36.0 Å². The van der Waals surface area contributed by atoms with Crippen LogP contribution in [0.3, 0.4) is 0 Å². The SMILES string of the molecule is C[C@H]1C[C@@H](NS(=O)(=O)NC(=O)CC2CCN(C)CC2)CN(c2ccc(C(F)(F)F)c3ncccc23)C1. The van der Waals surface area contributed by atoms with Gasteiger partial charge in [0.05, 0.1) is 11.1 Å². The Labute approximate surface area is 209 Å². The van der Waals surface area contributed by atoms with Gasteiger partial charge in [-0.1, -0.05) is 6.92 Å². The van der Waals surface area contributed by atoms with Crippen molar-refractivity contribution in [1.29, 1.82) is 0 Å². The lowest BCUT2D eigenvalue weighted by Crippen LogP contribution is -2.53. The third-order valence-corrected chi connectivity index (χ3v) is 8.07. The topological polar surface area (TPSA) is 94.6 Å². The van der Waals surface area contributed by atoms with Gasteiger partial charge in [-0.15, -0.1) is 0 Å².